The van der Waals surface area contributed by atoms with Gasteiger partial charge in [0.1, 0.15) is 28.7 Å². The molecule has 2 aliphatic heterocycles. The maximum atomic E-state index is 14.7. The van der Waals surface area contributed by atoms with E-state index in [9.17, 15) is 32.8 Å². The molecule has 406 valence electrons. The van der Waals surface area contributed by atoms with Gasteiger partial charge in [0.15, 0.2) is 11.5 Å². The molecule has 1 unspecified atom stereocenters. The summed E-state index contributed by atoms with van der Waals surface area (Å²) in [6, 6.07) is 25.6. The number of aromatic amines is 1. The molecular formula is C58H67FN8O9S. The molecule has 5 aliphatic rings. The van der Waals surface area contributed by atoms with E-state index in [0.29, 0.717) is 37.0 Å². The minimum atomic E-state index is -4.65. The molecule has 0 radical (unpaired) electrons. The van der Waals surface area contributed by atoms with Crippen molar-refractivity contribution >= 4 is 44.0 Å². The summed E-state index contributed by atoms with van der Waals surface area (Å²) in [4.78, 5) is 39.8. The fourth-order valence-corrected chi connectivity index (χ4v) is 13.0. The van der Waals surface area contributed by atoms with Crippen LogP contribution in [0.25, 0.3) is 11.0 Å². The average molecular weight is 1070 g/mol. The summed E-state index contributed by atoms with van der Waals surface area (Å²) < 4.78 is 62.7. The number of halogens is 1. The van der Waals surface area contributed by atoms with E-state index in [2.05, 4.69) is 85.0 Å². The second kappa shape index (κ2) is 20.9. The first-order chi connectivity index (χ1) is 36.9. The van der Waals surface area contributed by atoms with E-state index in [0.717, 1.165) is 101 Å². The Bertz CT molecular complexity index is 3310. The van der Waals surface area contributed by atoms with Crippen molar-refractivity contribution < 1.29 is 41.8 Å². The molecule has 5 fully saturated rings. The van der Waals surface area contributed by atoms with E-state index in [-0.39, 0.29) is 51.6 Å². The standard InChI is InChI=1S/C58H67FN8O9S/c1-36(2)44-7-5-6-8-45(44)51-33-64(32-38-9-16-52(74-4)54(23-38)75-41-11-12-41)21-22-66(51)40-27-58(28-40)34-65(35-58)39-10-14-46(53(24-39)76-42-25-47-48(59)31-62-55(47)61-30-42)56(68)63-77(72,73)43-13-15-49(50(26-43)67(70)71)60-29-37-17-19-57(3,69)20-18-37/h5-10,13-16,23-26,30-31,36-37,40-41,51,60,69H,11-12,17-22,27-29,32-35H2,1-4H3,(H,61,62)(H,63,68). The van der Waals surface area contributed by atoms with Crippen molar-refractivity contribution in [1.29, 1.82) is 0 Å². The molecular weight excluding hydrogens is 1000 g/mol. The van der Waals surface area contributed by atoms with Gasteiger partial charge in [0.25, 0.3) is 21.6 Å². The summed E-state index contributed by atoms with van der Waals surface area (Å²) in [7, 11) is -2.96. The number of ether oxygens (including phenoxy) is 3. The predicted octanol–water partition coefficient (Wildman–Crippen LogP) is 10.1. The maximum Gasteiger partial charge on any atom is 0.293 e. The van der Waals surface area contributed by atoms with Crippen molar-refractivity contribution in [3.05, 3.63) is 136 Å². The van der Waals surface area contributed by atoms with Crippen LogP contribution in [0.3, 0.4) is 0 Å². The Labute approximate surface area is 448 Å². The normalized spacial score (nSPS) is 21.9. The topological polar surface area (TPSA) is 205 Å². The van der Waals surface area contributed by atoms with Gasteiger partial charge in [-0.25, -0.2) is 22.5 Å². The fraction of sp³-hybridized carbons (Fsp3) is 0.448. The molecule has 11 rings (SSSR count). The highest BCUT2D eigenvalue weighted by Crippen LogP contribution is 2.54. The smallest absolute Gasteiger partial charge is 0.293 e. The van der Waals surface area contributed by atoms with Crippen LogP contribution >= 0.6 is 0 Å². The van der Waals surface area contributed by atoms with Gasteiger partial charge < -0.3 is 34.5 Å². The van der Waals surface area contributed by atoms with Crippen molar-refractivity contribution in [2.75, 3.05) is 56.6 Å². The lowest BCUT2D eigenvalue weighted by Crippen LogP contribution is -2.68. The van der Waals surface area contributed by atoms with Crippen molar-refractivity contribution in [1.82, 2.24) is 24.5 Å². The molecule has 77 heavy (non-hydrogen) atoms. The first-order valence-electron chi connectivity index (χ1n) is 26.8. The molecule has 6 aromatic rings. The molecule has 3 aliphatic carbocycles. The Balaban J connectivity index is 0.791. The van der Waals surface area contributed by atoms with Crippen LogP contribution < -0.4 is 29.1 Å². The zero-order chi connectivity index (χ0) is 53.8. The number of fused-ring (bicyclic) bond motifs is 1. The molecule has 2 saturated heterocycles. The van der Waals surface area contributed by atoms with Gasteiger partial charge in [0.2, 0.25) is 0 Å². The van der Waals surface area contributed by atoms with Crippen LogP contribution in [0.1, 0.15) is 111 Å². The van der Waals surface area contributed by atoms with Gasteiger partial charge in [-0.2, -0.15) is 0 Å². The van der Waals surface area contributed by atoms with Crippen LogP contribution in [0, 0.1) is 27.3 Å². The van der Waals surface area contributed by atoms with Crippen LogP contribution in [-0.2, 0) is 16.6 Å². The number of H-pyrrole nitrogens is 1. The Hall–Kier alpha value is -6.80. The summed E-state index contributed by atoms with van der Waals surface area (Å²) in [6.45, 7) is 11.8. The number of aliphatic hydroxyl groups is 1. The molecule has 1 spiro atoms. The number of pyridine rings is 1. The number of hydrogen-bond donors (Lipinski definition) is 4. The minimum Gasteiger partial charge on any atom is -0.493 e. The number of sulfonamides is 1. The number of piperazine rings is 1. The fourth-order valence-electron chi connectivity index (χ4n) is 12.1. The zero-order valence-electron chi connectivity index (χ0n) is 44.0. The number of nitrogens with one attached hydrogen (secondary N) is 3. The number of nitro benzene ring substituents is 1. The largest absolute Gasteiger partial charge is 0.493 e. The summed E-state index contributed by atoms with van der Waals surface area (Å²) in [5, 5.41) is 25.9. The SMILES string of the molecule is COc1ccc(CN2CCN(C3CC4(C3)CN(c3ccc(C(=O)NS(=O)(=O)c5ccc(NCC6CCC(C)(O)CC6)c([N+](=O)[O-])c5)c(Oc5cnc6[nH]cc(F)c6c5)c3)C4)C(c3ccccc3C(C)C)C2)cc1OC1CC1. The minimum absolute atomic E-state index is 0.0142. The number of hydrogen-bond acceptors (Lipinski definition) is 14. The van der Waals surface area contributed by atoms with E-state index >= 15 is 0 Å². The number of rotatable bonds is 18. The molecule has 3 saturated carbocycles. The van der Waals surface area contributed by atoms with E-state index in [1.54, 1.807) is 26.2 Å². The first-order valence-corrected chi connectivity index (χ1v) is 28.3. The molecule has 19 heteroatoms. The highest BCUT2D eigenvalue weighted by Gasteiger charge is 2.55. The summed E-state index contributed by atoms with van der Waals surface area (Å²) in [5.41, 5.74) is 3.91. The third-order valence-electron chi connectivity index (χ3n) is 16.5. The highest BCUT2D eigenvalue weighted by molar-refractivity contribution is 7.90. The van der Waals surface area contributed by atoms with Gasteiger partial charge in [-0.1, -0.05) is 44.2 Å². The van der Waals surface area contributed by atoms with Gasteiger partial charge in [-0.15, -0.1) is 0 Å². The number of nitrogens with zero attached hydrogens (tertiary/aromatic N) is 5. The van der Waals surface area contributed by atoms with E-state index in [4.69, 9.17) is 14.2 Å². The van der Waals surface area contributed by atoms with Crippen LogP contribution in [0.4, 0.5) is 21.5 Å². The summed E-state index contributed by atoms with van der Waals surface area (Å²) >= 11 is 0. The van der Waals surface area contributed by atoms with E-state index in [1.165, 1.54) is 53.3 Å². The molecule has 2 aromatic heterocycles. The lowest BCUT2D eigenvalue weighted by molar-refractivity contribution is -0.384. The van der Waals surface area contributed by atoms with Crippen molar-refractivity contribution in [3.63, 3.8) is 0 Å². The molecule has 4 aromatic carbocycles. The van der Waals surface area contributed by atoms with Gasteiger partial charge >= 0.3 is 0 Å². The van der Waals surface area contributed by atoms with E-state index in [1.807, 2.05) is 6.07 Å². The second-order valence-electron chi connectivity index (χ2n) is 22.7. The van der Waals surface area contributed by atoms with Gasteiger partial charge in [-0.3, -0.25) is 24.7 Å². The van der Waals surface area contributed by atoms with Gasteiger partial charge in [0.05, 0.1) is 45.8 Å². The molecule has 4 heterocycles. The van der Waals surface area contributed by atoms with Crippen molar-refractivity contribution in [2.24, 2.45) is 11.3 Å². The van der Waals surface area contributed by atoms with Crippen LogP contribution in [-0.4, -0.2) is 108 Å². The third-order valence-corrected chi connectivity index (χ3v) is 17.8. The quantitative estimate of drug-likeness (QED) is 0.0467. The highest BCUT2D eigenvalue weighted by atomic mass is 32.2. The molecule has 17 nitrogen and oxygen atoms in total. The lowest BCUT2D eigenvalue weighted by Gasteiger charge is -2.63. The van der Waals surface area contributed by atoms with Gasteiger partial charge in [-0.05, 0) is 129 Å². The number of amides is 1. The average Bonchev–Trinajstić information content (AvgIpc) is 4.17. The number of aromatic nitrogens is 2. The molecule has 4 N–H and O–H groups in total. The second-order valence-corrected chi connectivity index (χ2v) is 24.4. The Kier molecular flexibility index (Phi) is 14.2. The van der Waals surface area contributed by atoms with Crippen molar-refractivity contribution in [3.8, 4) is 23.0 Å². The number of carbonyl (C=O) groups is 1. The van der Waals surface area contributed by atoms with Gasteiger partial charge in [0, 0.05) is 87.3 Å². The molecule has 1 atom stereocenters. The number of nitro groups is 1. The summed E-state index contributed by atoms with van der Waals surface area (Å²) in [5.74, 6) is 0.681. The maximum absolute atomic E-state index is 14.7. The zero-order valence-corrected chi connectivity index (χ0v) is 44.8. The first kappa shape index (κ1) is 52.3. The predicted molar refractivity (Wildman–Crippen MR) is 291 cm³/mol. The Morgan fingerprint density at radius 1 is 0.974 bits per heavy atom. The van der Waals surface area contributed by atoms with Crippen LogP contribution in [0.2, 0.25) is 0 Å². The Morgan fingerprint density at radius 2 is 1.75 bits per heavy atom. The molecule has 1 amide bonds. The van der Waals surface area contributed by atoms with Crippen molar-refractivity contribution in [2.45, 2.75) is 113 Å². The number of benzene rings is 4. The number of anilines is 2. The lowest BCUT2D eigenvalue weighted by atomic mass is 9.59. The Morgan fingerprint density at radius 3 is 2.49 bits per heavy atom. The van der Waals surface area contributed by atoms with E-state index < -0.39 is 42.9 Å². The van der Waals surface area contributed by atoms with Crippen LogP contribution in [0.15, 0.2) is 102 Å². The number of carbonyl (C=O) groups excluding carboxylic acids is 1. The monoisotopic (exact) mass is 1070 g/mol. The third kappa shape index (κ3) is 11.2. The summed E-state index contributed by atoms with van der Waals surface area (Å²) in [6.07, 6.45) is 9.76. The molecule has 0 bridgehead atoms. The number of methoxy groups -OCH3 is 1. The van der Waals surface area contributed by atoms with Crippen LogP contribution in [0.5, 0.6) is 23.0 Å².